The van der Waals surface area contributed by atoms with E-state index in [0.29, 0.717) is 0 Å². The van der Waals surface area contributed by atoms with Crippen LogP contribution in [0.2, 0.25) is 0 Å². The van der Waals surface area contributed by atoms with E-state index < -0.39 is 0 Å². The molecule has 2 aromatic rings. The maximum absolute atomic E-state index is 4.25. The summed E-state index contributed by atoms with van der Waals surface area (Å²) in [6.45, 7) is 7.23. The van der Waals surface area contributed by atoms with Gasteiger partial charge in [-0.25, -0.2) is 4.68 Å². The second kappa shape index (κ2) is 4.67. The molecule has 0 atom stereocenters. The van der Waals surface area contributed by atoms with Crippen molar-refractivity contribution in [2.24, 2.45) is 0 Å². The van der Waals surface area contributed by atoms with Gasteiger partial charge >= 0.3 is 0 Å². The fourth-order valence-corrected chi connectivity index (χ4v) is 1.55. The van der Waals surface area contributed by atoms with E-state index in [4.69, 9.17) is 0 Å². The van der Waals surface area contributed by atoms with Crippen LogP contribution in [0.3, 0.4) is 0 Å². The molecule has 0 aliphatic carbocycles. The summed E-state index contributed by atoms with van der Waals surface area (Å²) in [7, 11) is 0. The van der Waals surface area contributed by atoms with E-state index in [1.165, 1.54) is 0 Å². The van der Waals surface area contributed by atoms with E-state index in [2.05, 4.69) is 36.2 Å². The molecule has 4 nitrogen and oxygen atoms in total. The van der Waals surface area contributed by atoms with Crippen molar-refractivity contribution >= 4 is 0 Å². The van der Waals surface area contributed by atoms with Crippen molar-refractivity contribution in [1.82, 2.24) is 20.1 Å². The van der Waals surface area contributed by atoms with Crippen LogP contribution in [-0.4, -0.2) is 20.3 Å². The van der Waals surface area contributed by atoms with Gasteiger partial charge in [0.05, 0.1) is 5.69 Å². The monoisotopic (exact) mass is 230 g/mol. The molecule has 0 amide bonds. The molecule has 90 valence electrons. The molecular formula is C13H18N4. The van der Waals surface area contributed by atoms with E-state index in [9.17, 15) is 0 Å². The highest BCUT2D eigenvalue weighted by Gasteiger charge is 2.11. The van der Waals surface area contributed by atoms with E-state index in [1.54, 1.807) is 12.4 Å². The Morgan fingerprint density at radius 2 is 2.12 bits per heavy atom. The Hall–Kier alpha value is -1.68. The topological polar surface area (TPSA) is 42.7 Å². The highest BCUT2D eigenvalue weighted by Crippen LogP contribution is 2.13. The van der Waals surface area contributed by atoms with E-state index in [-0.39, 0.29) is 5.54 Å². The van der Waals surface area contributed by atoms with Crippen molar-refractivity contribution in [3.05, 3.63) is 42.5 Å². The van der Waals surface area contributed by atoms with Crippen LogP contribution in [0.25, 0.3) is 5.69 Å². The van der Waals surface area contributed by atoms with Crippen LogP contribution in [0.15, 0.2) is 36.9 Å². The smallest absolute Gasteiger partial charge is 0.0721 e. The number of rotatable bonds is 3. The minimum absolute atomic E-state index is 0.0945. The van der Waals surface area contributed by atoms with Crippen molar-refractivity contribution in [1.29, 1.82) is 0 Å². The van der Waals surface area contributed by atoms with Gasteiger partial charge in [0, 0.05) is 42.4 Å². The minimum Gasteiger partial charge on any atom is -0.308 e. The first-order valence-corrected chi connectivity index (χ1v) is 5.74. The Kier molecular flexibility index (Phi) is 3.24. The van der Waals surface area contributed by atoms with Gasteiger partial charge in [-0.2, -0.15) is 5.10 Å². The summed E-state index contributed by atoms with van der Waals surface area (Å²) in [5, 5.41) is 7.71. The molecule has 0 radical (unpaired) electrons. The van der Waals surface area contributed by atoms with E-state index in [1.807, 2.05) is 29.2 Å². The summed E-state index contributed by atoms with van der Waals surface area (Å²) in [5.41, 5.74) is 2.31. The Balaban J connectivity index is 2.23. The zero-order chi connectivity index (χ0) is 12.3. The van der Waals surface area contributed by atoms with E-state index >= 15 is 0 Å². The molecule has 2 heterocycles. The molecule has 0 saturated heterocycles. The Labute approximate surface area is 102 Å². The molecule has 0 saturated carbocycles. The standard InChI is InChI=1S/C13H18N4/c1-13(2,3)15-10-11-9-14-7-5-12(11)17-8-4-6-16-17/h4-9,15H,10H2,1-3H3. The fraction of sp³-hybridized carbons (Fsp3) is 0.385. The first kappa shape index (κ1) is 11.8. The first-order chi connectivity index (χ1) is 8.06. The zero-order valence-corrected chi connectivity index (χ0v) is 10.5. The van der Waals surface area contributed by atoms with Crippen LogP contribution < -0.4 is 5.32 Å². The summed E-state index contributed by atoms with van der Waals surface area (Å²) >= 11 is 0. The molecule has 1 N–H and O–H groups in total. The fourth-order valence-electron chi connectivity index (χ4n) is 1.55. The maximum Gasteiger partial charge on any atom is 0.0721 e. The van der Waals surface area contributed by atoms with Crippen molar-refractivity contribution in [3.8, 4) is 5.69 Å². The number of nitrogens with zero attached hydrogens (tertiary/aromatic N) is 3. The summed E-state index contributed by atoms with van der Waals surface area (Å²) in [6, 6.07) is 3.90. The number of pyridine rings is 1. The summed E-state index contributed by atoms with van der Waals surface area (Å²) in [6.07, 6.45) is 7.39. The molecule has 0 spiro atoms. The van der Waals surface area contributed by atoms with Crippen LogP contribution in [0.5, 0.6) is 0 Å². The third-order valence-corrected chi connectivity index (χ3v) is 2.44. The summed E-state index contributed by atoms with van der Waals surface area (Å²) in [5.74, 6) is 0. The molecular weight excluding hydrogens is 212 g/mol. The van der Waals surface area contributed by atoms with Crippen molar-refractivity contribution in [2.75, 3.05) is 0 Å². The van der Waals surface area contributed by atoms with Crippen LogP contribution in [0, 0.1) is 0 Å². The van der Waals surface area contributed by atoms with Crippen LogP contribution in [0.1, 0.15) is 26.3 Å². The third-order valence-electron chi connectivity index (χ3n) is 2.44. The molecule has 2 rings (SSSR count). The molecule has 0 unspecified atom stereocenters. The largest absolute Gasteiger partial charge is 0.308 e. The van der Waals surface area contributed by atoms with Crippen molar-refractivity contribution in [3.63, 3.8) is 0 Å². The molecule has 0 bridgehead atoms. The van der Waals surface area contributed by atoms with Gasteiger partial charge in [0.15, 0.2) is 0 Å². The van der Waals surface area contributed by atoms with Gasteiger partial charge in [-0.1, -0.05) is 0 Å². The van der Waals surface area contributed by atoms with Gasteiger partial charge in [-0.05, 0) is 32.9 Å². The van der Waals surface area contributed by atoms with Gasteiger partial charge in [0.2, 0.25) is 0 Å². The number of nitrogens with one attached hydrogen (secondary N) is 1. The number of aromatic nitrogens is 3. The zero-order valence-electron chi connectivity index (χ0n) is 10.5. The predicted molar refractivity (Wildman–Crippen MR) is 68.0 cm³/mol. The quantitative estimate of drug-likeness (QED) is 0.878. The average Bonchev–Trinajstić information content (AvgIpc) is 2.79. The van der Waals surface area contributed by atoms with Crippen LogP contribution in [-0.2, 0) is 6.54 Å². The van der Waals surface area contributed by atoms with Gasteiger partial charge in [-0.15, -0.1) is 0 Å². The number of hydrogen-bond acceptors (Lipinski definition) is 3. The number of hydrogen-bond donors (Lipinski definition) is 1. The third kappa shape index (κ3) is 3.14. The molecule has 4 heteroatoms. The Morgan fingerprint density at radius 1 is 1.29 bits per heavy atom. The molecule has 0 aliphatic heterocycles. The van der Waals surface area contributed by atoms with Crippen LogP contribution >= 0.6 is 0 Å². The lowest BCUT2D eigenvalue weighted by molar-refractivity contribution is 0.423. The Morgan fingerprint density at radius 3 is 2.76 bits per heavy atom. The molecule has 2 aromatic heterocycles. The second-order valence-electron chi connectivity index (χ2n) is 5.06. The van der Waals surface area contributed by atoms with Crippen molar-refractivity contribution in [2.45, 2.75) is 32.9 Å². The summed E-state index contributed by atoms with van der Waals surface area (Å²) < 4.78 is 1.86. The molecule has 0 aliphatic rings. The minimum atomic E-state index is 0.0945. The second-order valence-corrected chi connectivity index (χ2v) is 5.06. The maximum atomic E-state index is 4.25. The van der Waals surface area contributed by atoms with Gasteiger partial charge in [0.25, 0.3) is 0 Å². The average molecular weight is 230 g/mol. The van der Waals surface area contributed by atoms with Gasteiger partial charge < -0.3 is 5.32 Å². The van der Waals surface area contributed by atoms with Gasteiger partial charge in [0.1, 0.15) is 0 Å². The van der Waals surface area contributed by atoms with Gasteiger partial charge in [-0.3, -0.25) is 4.98 Å². The van der Waals surface area contributed by atoms with Crippen molar-refractivity contribution < 1.29 is 0 Å². The first-order valence-electron chi connectivity index (χ1n) is 5.74. The van der Waals surface area contributed by atoms with E-state index in [0.717, 1.165) is 17.8 Å². The summed E-state index contributed by atoms with van der Waals surface area (Å²) in [4.78, 5) is 4.17. The normalized spacial score (nSPS) is 11.7. The van der Waals surface area contributed by atoms with Crippen LogP contribution in [0.4, 0.5) is 0 Å². The highest BCUT2D eigenvalue weighted by atomic mass is 15.3. The lowest BCUT2D eigenvalue weighted by Gasteiger charge is -2.21. The SMILES string of the molecule is CC(C)(C)NCc1cnccc1-n1cccn1. The lowest BCUT2D eigenvalue weighted by atomic mass is 10.1. The predicted octanol–water partition coefficient (Wildman–Crippen LogP) is 2.16. The molecule has 0 aromatic carbocycles. The Bertz CT molecular complexity index is 468. The molecule has 0 fully saturated rings. The lowest BCUT2D eigenvalue weighted by Crippen LogP contribution is -2.35. The molecule has 17 heavy (non-hydrogen) atoms. The highest BCUT2D eigenvalue weighted by molar-refractivity contribution is 5.37.